The zero-order valence-electron chi connectivity index (χ0n) is 9.18. The highest BCUT2D eigenvalue weighted by atomic mass is 32.2. The molecule has 16 heavy (non-hydrogen) atoms. The number of hydrogen-bond donors (Lipinski definition) is 2. The highest BCUT2D eigenvalue weighted by Crippen LogP contribution is 2.17. The van der Waals surface area contributed by atoms with Crippen molar-refractivity contribution in [2.24, 2.45) is 0 Å². The summed E-state index contributed by atoms with van der Waals surface area (Å²) in [5, 5.41) is 8.66. The number of hydrogen-bond acceptors (Lipinski definition) is 3. The summed E-state index contributed by atoms with van der Waals surface area (Å²) in [6.45, 7) is 2.03. The monoisotopic (exact) mass is 244 g/mol. The molecule has 1 rings (SSSR count). The first-order valence-electron chi connectivity index (χ1n) is 5.13. The number of aliphatic hydroxyl groups excluding tert-OH is 1. The zero-order chi connectivity index (χ0) is 12.2. The zero-order valence-corrected chi connectivity index (χ0v) is 10.00. The minimum Gasteiger partial charge on any atom is -0.396 e. The van der Waals surface area contributed by atoms with Crippen LogP contribution >= 0.6 is 0 Å². The molecule has 0 unspecified atom stereocenters. The van der Waals surface area contributed by atoms with Gasteiger partial charge in [-0.3, -0.25) is 4.55 Å². The van der Waals surface area contributed by atoms with Crippen LogP contribution in [0.5, 0.6) is 0 Å². The maximum atomic E-state index is 10.9. The molecular formula is C11H16O4S. The molecule has 0 atom stereocenters. The molecule has 4 nitrogen and oxygen atoms in total. The Kier molecular flexibility index (Phi) is 4.46. The first-order valence-corrected chi connectivity index (χ1v) is 6.57. The third-order valence-corrected chi connectivity index (χ3v) is 3.32. The lowest BCUT2D eigenvalue weighted by molar-refractivity contribution is 0.284. The summed E-state index contributed by atoms with van der Waals surface area (Å²) in [6, 6.07) is 4.56. The van der Waals surface area contributed by atoms with Crippen LogP contribution < -0.4 is 0 Å². The molecule has 1 aromatic carbocycles. The molecule has 90 valence electrons. The summed E-state index contributed by atoms with van der Waals surface area (Å²) in [5.41, 5.74) is 1.88. The van der Waals surface area contributed by atoms with E-state index in [1.54, 1.807) is 6.07 Å². The number of aliphatic hydroxyl groups is 1. The van der Waals surface area contributed by atoms with Crippen LogP contribution in [0.3, 0.4) is 0 Å². The first kappa shape index (κ1) is 13.2. The summed E-state index contributed by atoms with van der Waals surface area (Å²) >= 11 is 0. The van der Waals surface area contributed by atoms with Gasteiger partial charge in [-0.25, -0.2) is 0 Å². The molecule has 0 aliphatic heterocycles. The Morgan fingerprint density at radius 2 is 1.94 bits per heavy atom. The van der Waals surface area contributed by atoms with E-state index in [0.29, 0.717) is 12.8 Å². The third-order valence-electron chi connectivity index (χ3n) is 2.47. The van der Waals surface area contributed by atoms with Gasteiger partial charge in [-0.15, -0.1) is 0 Å². The van der Waals surface area contributed by atoms with Gasteiger partial charge in [0.2, 0.25) is 0 Å². The Bertz CT molecular complexity index is 451. The molecule has 0 aromatic heterocycles. The lowest BCUT2D eigenvalue weighted by atomic mass is 10.0. The summed E-state index contributed by atoms with van der Waals surface area (Å²) in [6.07, 6.45) is 2.19. The van der Waals surface area contributed by atoms with Crippen LogP contribution in [0.2, 0.25) is 0 Å². The second-order valence-corrected chi connectivity index (χ2v) is 5.17. The van der Waals surface area contributed by atoms with Gasteiger partial charge >= 0.3 is 0 Å². The van der Waals surface area contributed by atoms with Crippen LogP contribution in [0.25, 0.3) is 0 Å². The van der Waals surface area contributed by atoms with E-state index in [1.807, 2.05) is 6.92 Å². The predicted molar refractivity (Wildman–Crippen MR) is 61.0 cm³/mol. The molecule has 5 heteroatoms. The first-order chi connectivity index (χ1) is 7.45. The summed E-state index contributed by atoms with van der Waals surface area (Å²) in [4.78, 5) is -0.0721. The number of rotatable bonds is 5. The van der Waals surface area contributed by atoms with Crippen molar-refractivity contribution in [3.05, 3.63) is 29.3 Å². The molecule has 0 aliphatic rings. The van der Waals surface area contributed by atoms with Gasteiger partial charge in [-0.2, -0.15) is 8.42 Å². The second-order valence-electron chi connectivity index (χ2n) is 3.74. The topological polar surface area (TPSA) is 74.6 Å². The smallest absolute Gasteiger partial charge is 0.294 e. The van der Waals surface area contributed by atoms with Crippen LogP contribution in [0.1, 0.15) is 24.0 Å². The van der Waals surface area contributed by atoms with Crippen molar-refractivity contribution in [2.45, 2.75) is 31.1 Å². The van der Waals surface area contributed by atoms with Crippen LogP contribution in [-0.2, 0) is 16.5 Å². The Balaban J connectivity index is 2.91. The fraction of sp³-hybridized carbons (Fsp3) is 0.455. The molecule has 0 aliphatic carbocycles. The molecule has 2 N–H and O–H groups in total. The SMILES string of the molecule is Cc1ccc(S(=O)(=O)O)cc1CCCCO. The molecule has 1 aromatic rings. The van der Waals surface area contributed by atoms with Crippen LogP contribution in [-0.4, -0.2) is 24.7 Å². The Labute approximate surface area is 95.7 Å². The highest BCUT2D eigenvalue weighted by Gasteiger charge is 2.10. The van der Waals surface area contributed by atoms with Crippen molar-refractivity contribution in [3.63, 3.8) is 0 Å². The van der Waals surface area contributed by atoms with Crippen LogP contribution in [0.4, 0.5) is 0 Å². The van der Waals surface area contributed by atoms with Gasteiger partial charge in [0.25, 0.3) is 10.1 Å². The number of aryl methyl sites for hydroxylation is 2. The van der Waals surface area contributed by atoms with Gasteiger partial charge in [-0.05, 0) is 49.4 Å². The quantitative estimate of drug-likeness (QED) is 0.609. The fourth-order valence-corrected chi connectivity index (χ4v) is 2.04. The lowest BCUT2D eigenvalue weighted by Crippen LogP contribution is -2.00. The van der Waals surface area contributed by atoms with Gasteiger partial charge < -0.3 is 5.11 Å². The molecule has 0 fully saturated rings. The van der Waals surface area contributed by atoms with Gasteiger partial charge in [0.05, 0.1) is 4.90 Å². The van der Waals surface area contributed by atoms with Gasteiger partial charge in [0, 0.05) is 6.61 Å². The van der Waals surface area contributed by atoms with E-state index < -0.39 is 10.1 Å². The van der Waals surface area contributed by atoms with Crippen molar-refractivity contribution < 1.29 is 18.1 Å². The largest absolute Gasteiger partial charge is 0.396 e. The molecule has 0 bridgehead atoms. The Morgan fingerprint density at radius 3 is 2.50 bits per heavy atom. The van der Waals surface area contributed by atoms with E-state index in [9.17, 15) is 8.42 Å². The normalized spacial score (nSPS) is 11.7. The molecular weight excluding hydrogens is 228 g/mol. The number of unbranched alkanes of at least 4 members (excludes halogenated alkanes) is 1. The van der Waals surface area contributed by atoms with Crippen molar-refractivity contribution in [2.75, 3.05) is 6.61 Å². The third kappa shape index (κ3) is 3.59. The molecule has 0 radical (unpaired) electrons. The average molecular weight is 244 g/mol. The Morgan fingerprint density at radius 1 is 1.25 bits per heavy atom. The van der Waals surface area contributed by atoms with E-state index >= 15 is 0 Å². The van der Waals surface area contributed by atoms with Crippen molar-refractivity contribution in [3.8, 4) is 0 Å². The van der Waals surface area contributed by atoms with E-state index in [2.05, 4.69) is 0 Å². The highest BCUT2D eigenvalue weighted by molar-refractivity contribution is 7.85. The van der Waals surface area contributed by atoms with Crippen LogP contribution in [0, 0.1) is 6.92 Å². The molecule has 0 amide bonds. The van der Waals surface area contributed by atoms with E-state index in [-0.39, 0.29) is 11.5 Å². The maximum Gasteiger partial charge on any atom is 0.294 e. The van der Waals surface area contributed by atoms with E-state index in [0.717, 1.165) is 17.5 Å². The second kappa shape index (κ2) is 5.43. The van der Waals surface area contributed by atoms with Gasteiger partial charge in [0.15, 0.2) is 0 Å². The predicted octanol–water partition coefficient (Wildman–Crippen LogP) is 1.56. The number of benzene rings is 1. The lowest BCUT2D eigenvalue weighted by Gasteiger charge is -2.07. The summed E-state index contributed by atoms with van der Waals surface area (Å²) in [7, 11) is -4.12. The molecule has 0 saturated heterocycles. The van der Waals surface area contributed by atoms with Gasteiger partial charge in [0.1, 0.15) is 0 Å². The fourth-order valence-electron chi connectivity index (χ4n) is 1.50. The summed E-state index contributed by atoms with van der Waals surface area (Å²) in [5.74, 6) is 0. The van der Waals surface area contributed by atoms with Crippen molar-refractivity contribution in [1.29, 1.82) is 0 Å². The molecule has 0 heterocycles. The van der Waals surface area contributed by atoms with E-state index in [4.69, 9.17) is 9.66 Å². The standard InChI is InChI=1S/C11H16O4S/c1-9-5-6-11(16(13,14)15)8-10(9)4-2-3-7-12/h5-6,8,12H,2-4,7H2,1H3,(H,13,14,15). The summed E-state index contributed by atoms with van der Waals surface area (Å²) < 4.78 is 30.8. The van der Waals surface area contributed by atoms with Gasteiger partial charge in [-0.1, -0.05) is 6.07 Å². The van der Waals surface area contributed by atoms with E-state index in [1.165, 1.54) is 12.1 Å². The van der Waals surface area contributed by atoms with Crippen molar-refractivity contribution >= 4 is 10.1 Å². The molecule has 0 spiro atoms. The minimum atomic E-state index is -4.12. The average Bonchev–Trinajstić information content (AvgIpc) is 2.19. The minimum absolute atomic E-state index is 0.0721. The van der Waals surface area contributed by atoms with Crippen LogP contribution in [0.15, 0.2) is 23.1 Å². The maximum absolute atomic E-state index is 10.9. The Hall–Kier alpha value is -0.910. The molecule has 0 saturated carbocycles. The van der Waals surface area contributed by atoms with Crippen molar-refractivity contribution in [1.82, 2.24) is 0 Å².